The summed E-state index contributed by atoms with van der Waals surface area (Å²) in [5.74, 6) is 5.66. The third-order valence-electron chi connectivity index (χ3n) is 3.12. The molecule has 0 spiro atoms. The van der Waals surface area contributed by atoms with Crippen LogP contribution in [0.15, 0.2) is 11.4 Å². The van der Waals surface area contributed by atoms with E-state index in [9.17, 15) is 9.90 Å². The predicted octanol–water partition coefficient (Wildman–Crippen LogP) is 1.05. The van der Waals surface area contributed by atoms with E-state index in [2.05, 4.69) is 11.8 Å². The molecule has 102 valence electrons. The van der Waals surface area contributed by atoms with Gasteiger partial charge in [-0.05, 0) is 25.8 Å². The molecule has 5 heteroatoms. The standard InChI is InChI=1S/C14H18N2O2S/c1-14(18)5-3-7-16(10-14)13(17)11-8-12(19-9-11)4-2-6-15/h8-9,18H,3,5-7,10,15H2,1H3. The maximum absolute atomic E-state index is 12.3. The van der Waals surface area contributed by atoms with Crippen LogP contribution in [0, 0.1) is 11.8 Å². The minimum Gasteiger partial charge on any atom is -0.388 e. The monoisotopic (exact) mass is 278 g/mol. The summed E-state index contributed by atoms with van der Waals surface area (Å²) in [5.41, 5.74) is 5.19. The Bertz CT molecular complexity index is 525. The highest BCUT2D eigenvalue weighted by atomic mass is 32.1. The Morgan fingerprint density at radius 3 is 3.16 bits per heavy atom. The van der Waals surface area contributed by atoms with Crippen molar-refractivity contribution in [1.82, 2.24) is 4.90 Å². The number of rotatable bonds is 1. The Labute approximate surface area is 117 Å². The van der Waals surface area contributed by atoms with Crippen molar-refractivity contribution in [3.05, 3.63) is 21.9 Å². The third kappa shape index (κ3) is 3.57. The fourth-order valence-corrected chi connectivity index (χ4v) is 2.98. The minimum absolute atomic E-state index is 0.0305. The average Bonchev–Trinajstić information content (AvgIpc) is 2.83. The Balaban J connectivity index is 2.09. The minimum atomic E-state index is -0.772. The molecule has 0 radical (unpaired) electrons. The number of nitrogens with two attached hydrogens (primary N) is 1. The molecule has 3 N–H and O–H groups in total. The van der Waals surface area contributed by atoms with Crippen molar-refractivity contribution in [2.75, 3.05) is 19.6 Å². The van der Waals surface area contributed by atoms with Gasteiger partial charge < -0.3 is 15.7 Å². The molecule has 0 aliphatic carbocycles. The van der Waals surface area contributed by atoms with Gasteiger partial charge in [0.25, 0.3) is 5.91 Å². The van der Waals surface area contributed by atoms with Crippen LogP contribution in [-0.4, -0.2) is 41.1 Å². The van der Waals surface area contributed by atoms with Crippen molar-refractivity contribution >= 4 is 17.2 Å². The van der Waals surface area contributed by atoms with Crippen LogP contribution in [0.1, 0.15) is 35.0 Å². The summed E-state index contributed by atoms with van der Waals surface area (Å²) in [7, 11) is 0. The van der Waals surface area contributed by atoms with Crippen LogP contribution in [-0.2, 0) is 0 Å². The van der Waals surface area contributed by atoms with E-state index >= 15 is 0 Å². The molecule has 1 aromatic heterocycles. The first-order valence-electron chi connectivity index (χ1n) is 6.31. The van der Waals surface area contributed by atoms with Gasteiger partial charge in [-0.3, -0.25) is 4.79 Å². The zero-order valence-electron chi connectivity index (χ0n) is 11.0. The first-order valence-corrected chi connectivity index (χ1v) is 7.19. The number of hydrogen-bond acceptors (Lipinski definition) is 4. The fraction of sp³-hybridized carbons (Fsp3) is 0.500. The number of likely N-dealkylation sites (tertiary alicyclic amines) is 1. The molecule has 1 amide bonds. The molecule has 1 saturated heterocycles. The van der Waals surface area contributed by atoms with E-state index in [4.69, 9.17) is 5.73 Å². The number of carbonyl (C=O) groups excluding carboxylic acids is 1. The maximum atomic E-state index is 12.3. The van der Waals surface area contributed by atoms with E-state index in [-0.39, 0.29) is 5.91 Å². The van der Waals surface area contributed by atoms with Gasteiger partial charge in [0.05, 0.1) is 22.6 Å². The molecule has 1 aliphatic rings. The van der Waals surface area contributed by atoms with Crippen LogP contribution in [0.5, 0.6) is 0 Å². The molecule has 1 unspecified atom stereocenters. The van der Waals surface area contributed by atoms with Gasteiger partial charge in [-0.25, -0.2) is 0 Å². The second-order valence-electron chi connectivity index (χ2n) is 5.03. The summed E-state index contributed by atoms with van der Waals surface area (Å²) in [5, 5.41) is 11.8. The van der Waals surface area contributed by atoms with Crippen LogP contribution in [0.4, 0.5) is 0 Å². The highest BCUT2D eigenvalue weighted by Gasteiger charge is 2.31. The molecule has 2 rings (SSSR count). The molecule has 0 bridgehead atoms. The largest absolute Gasteiger partial charge is 0.388 e. The van der Waals surface area contributed by atoms with Crippen molar-refractivity contribution in [3.8, 4) is 11.8 Å². The van der Waals surface area contributed by atoms with Gasteiger partial charge in [0.1, 0.15) is 0 Å². The Hall–Kier alpha value is -1.35. The quantitative estimate of drug-likeness (QED) is 0.755. The summed E-state index contributed by atoms with van der Waals surface area (Å²) in [4.78, 5) is 14.9. The molecule has 4 nitrogen and oxygen atoms in total. The number of aliphatic hydroxyl groups is 1. The molecule has 1 aliphatic heterocycles. The molecule has 2 heterocycles. The average molecular weight is 278 g/mol. The SMILES string of the molecule is CC1(O)CCCN(C(=O)c2csc(C#CCN)c2)C1. The van der Waals surface area contributed by atoms with Crippen molar-refractivity contribution < 1.29 is 9.90 Å². The zero-order valence-corrected chi connectivity index (χ0v) is 11.8. The number of hydrogen-bond donors (Lipinski definition) is 2. The van der Waals surface area contributed by atoms with Crippen LogP contribution in [0.3, 0.4) is 0 Å². The summed E-state index contributed by atoms with van der Waals surface area (Å²) in [6, 6.07) is 1.79. The first-order chi connectivity index (χ1) is 9.02. The van der Waals surface area contributed by atoms with E-state index in [1.807, 2.05) is 5.38 Å². The second kappa shape index (κ2) is 5.74. The number of nitrogens with zero attached hydrogens (tertiary/aromatic N) is 1. The lowest BCUT2D eigenvalue weighted by Gasteiger charge is -2.36. The Morgan fingerprint density at radius 2 is 2.47 bits per heavy atom. The molecule has 1 atom stereocenters. The van der Waals surface area contributed by atoms with Gasteiger partial charge in [0, 0.05) is 18.5 Å². The smallest absolute Gasteiger partial charge is 0.254 e. The van der Waals surface area contributed by atoms with E-state index < -0.39 is 5.60 Å². The van der Waals surface area contributed by atoms with Gasteiger partial charge in [0.2, 0.25) is 0 Å². The van der Waals surface area contributed by atoms with Crippen LogP contribution >= 0.6 is 11.3 Å². The molecular weight excluding hydrogens is 260 g/mol. The van der Waals surface area contributed by atoms with Crippen molar-refractivity contribution in [1.29, 1.82) is 0 Å². The van der Waals surface area contributed by atoms with Gasteiger partial charge >= 0.3 is 0 Å². The van der Waals surface area contributed by atoms with Crippen LogP contribution in [0.2, 0.25) is 0 Å². The molecule has 1 aromatic rings. The Morgan fingerprint density at radius 1 is 1.68 bits per heavy atom. The van der Waals surface area contributed by atoms with E-state index in [0.29, 0.717) is 25.2 Å². The summed E-state index contributed by atoms with van der Waals surface area (Å²) < 4.78 is 0. The lowest BCUT2D eigenvalue weighted by molar-refractivity contribution is -0.0107. The fourth-order valence-electron chi connectivity index (χ4n) is 2.23. The number of thiophene rings is 1. The highest BCUT2D eigenvalue weighted by molar-refractivity contribution is 7.10. The normalized spacial score (nSPS) is 22.8. The lowest BCUT2D eigenvalue weighted by Crippen LogP contribution is -2.48. The molecule has 19 heavy (non-hydrogen) atoms. The van der Waals surface area contributed by atoms with Gasteiger partial charge in [-0.15, -0.1) is 11.3 Å². The van der Waals surface area contributed by atoms with Crippen molar-refractivity contribution in [3.63, 3.8) is 0 Å². The van der Waals surface area contributed by atoms with Gasteiger partial charge in [-0.2, -0.15) is 0 Å². The van der Waals surface area contributed by atoms with E-state index in [0.717, 1.165) is 17.7 Å². The van der Waals surface area contributed by atoms with E-state index in [1.54, 1.807) is 17.9 Å². The predicted molar refractivity (Wildman–Crippen MR) is 76.0 cm³/mol. The van der Waals surface area contributed by atoms with Gasteiger partial charge in [-0.1, -0.05) is 11.8 Å². The molecule has 0 aromatic carbocycles. The summed E-state index contributed by atoms with van der Waals surface area (Å²) in [6.45, 7) is 3.19. The number of amides is 1. The number of carbonyl (C=O) groups is 1. The van der Waals surface area contributed by atoms with Crippen LogP contribution < -0.4 is 5.73 Å². The lowest BCUT2D eigenvalue weighted by atomic mass is 9.95. The summed E-state index contributed by atoms with van der Waals surface area (Å²) in [6.07, 6.45) is 1.58. The number of piperidine rings is 1. The van der Waals surface area contributed by atoms with Gasteiger partial charge in [0.15, 0.2) is 0 Å². The molecular formula is C14H18N2O2S. The number of β-amino-alcohol motifs (C(OH)–C–C–N with tert-alkyl or cyclic N) is 1. The molecule has 1 fully saturated rings. The first kappa shape index (κ1) is 14.1. The third-order valence-corrected chi connectivity index (χ3v) is 3.97. The molecule has 0 saturated carbocycles. The topological polar surface area (TPSA) is 66.6 Å². The van der Waals surface area contributed by atoms with Crippen molar-refractivity contribution in [2.45, 2.75) is 25.4 Å². The van der Waals surface area contributed by atoms with E-state index in [1.165, 1.54) is 11.3 Å². The zero-order chi connectivity index (χ0) is 13.9. The van der Waals surface area contributed by atoms with Crippen molar-refractivity contribution in [2.24, 2.45) is 5.73 Å². The van der Waals surface area contributed by atoms with Crippen LogP contribution in [0.25, 0.3) is 0 Å². The highest BCUT2D eigenvalue weighted by Crippen LogP contribution is 2.23. The second-order valence-corrected chi connectivity index (χ2v) is 5.94. The Kier molecular flexibility index (Phi) is 4.25. The summed E-state index contributed by atoms with van der Waals surface area (Å²) >= 11 is 1.44. The maximum Gasteiger partial charge on any atom is 0.254 e.